The molecule has 2 aromatic carbocycles. The van der Waals surface area contributed by atoms with Crippen molar-refractivity contribution in [2.75, 3.05) is 12.4 Å². The Morgan fingerprint density at radius 3 is 2.56 bits per heavy atom. The van der Waals surface area contributed by atoms with Crippen LogP contribution in [0, 0.1) is 12.7 Å². The first-order chi connectivity index (χ1) is 16.4. The van der Waals surface area contributed by atoms with Gasteiger partial charge in [0.25, 0.3) is 5.56 Å². The van der Waals surface area contributed by atoms with Gasteiger partial charge < -0.3 is 14.6 Å². The Bertz CT molecular complexity index is 1390. The molecule has 0 radical (unpaired) electrons. The molecule has 0 aliphatic heterocycles. The Hall–Kier alpha value is -3.94. The smallest absolute Gasteiger partial charge is 0.291 e. The van der Waals surface area contributed by atoms with Gasteiger partial charge in [-0.25, -0.2) is 14.1 Å². The summed E-state index contributed by atoms with van der Waals surface area (Å²) in [6.07, 6.45) is 5.77. The zero-order chi connectivity index (χ0) is 23.8. The molecule has 1 saturated carbocycles. The lowest BCUT2D eigenvalue weighted by Crippen LogP contribution is -2.29. The number of aromatic nitrogens is 4. The summed E-state index contributed by atoms with van der Waals surface area (Å²) >= 11 is 0. The molecule has 8 heteroatoms. The van der Waals surface area contributed by atoms with Gasteiger partial charge in [-0.2, -0.15) is 5.10 Å². The number of hydrogen-bond donors (Lipinski definition) is 1. The van der Waals surface area contributed by atoms with Crippen molar-refractivity contribution in [2.45, 2.75) is 38.6 Å². The number of imidazole rings is 1. The molecule has 0 unspecified atom stereocenters. The highest BCUT2D eigenvalue weighted by molar-refractivity contribution is 5.65. The second kappa shape index (κ2) is 8.78. The summed E-state index contributed by atoms with van der Waals surface area (Å²) in [6, 6.07) is 13.4. The third kappa shape index (κ3) is 4.31. The second-order valence-corrected chi connectivity index (χ2v) is 8.67. The van der Waals surface area contributed by atoms with E-state index in [0.29, 0.717) is 17.4 Å². The molecule has 0 spiro atoms. The topological polar surface area (TPSA) is 74.0 Å². The molecular weight excluding hydrogens is 433 g/mol. The Kier molecular flexibility index (Phi) is 5.65. The van der Waals surface area contributed by atoms with E-state index in [1.165, 1.54) is 16.8 Å². The largest absolute Gasteiger partial charge is 0.494 e. The lowest BCUT2D eigenvalue weighted by Gasteiger charge is -2.18. The highest BCUT2D eigenvalue weighted by Crippen LogP contribution is 2.39. The number of hydrogen-bond acceptors (Lipinski definition) is 5. The number of nitrogens with one attached hydrogen (secondary N) is 1. The number of aryl methyl sites for hydroxylation is 1. The number of halogens is 1. The molecule has 0 saturated heterocycles. The van der Waals surface area contributed by atoms with Gasteiger partial charge in [0.1, 0.15) is 17.3 Å². The molecule has 1 aliphatic carbocycles. The lowest BCUT2D eigenvalue weighted by molar-refractivity contribution is 0.413. The van der Waals surface area contributed by atoms with Crippen LogP contribution in [-0.2, 0) is 0 Å². The van der Waals surface area contributed by atoms with Crippen molar-refractivity contribution < 1.29 is 9.13 Å². The van der Waals surface area contributed by atoms with E-state index < -0.39 is 0 Å². The first-order valence-electron chi connectivity index (χ1n) is 11.3. The Morgan fingerprint density at radius 1 is 1.15 bits per heavy atom. The van der Waals surface area contributed by atoms with Gasteiger partial charge in [-0.05, 0) is 62.6 Å². The van der Waals surface area contributed by atoms with E-state index in [1.54, 1.807) is 25.6 Å². The molecular formula is C26H26FN5O2. The highest BCUT2D eigenvalue weighted by Gasteiger charge is 2.28. The van der Waals surface area contributed by atoms with E-state index in [9.17, 15) is 9.18 Å². The number of rotatable bonds is 7. The Balaban J connectivity index is 1.51. The highest BCUT2D eigenvalue weighted by atomic mass is 19.1. The molecule has 1 N–H and O–H groups in total. The summed E-state index contributed by atoms with van der Waals surface area (Å²) in [7, 11) is 1.61. The number of anilines is 2. The van der Waals surface area contributed by atoms with Crippen molar-refractivity contribution in [3.63, 3.8) is 0 Å². The van der Waals surface area contributed by atoms with E-state index in [4.69, 9.17) is 4.74 Å². The van der Waals surface area contributed by atoms with Gasteiger partial charge in [0.15, 0.2) is 0 Å². The predicted molar refractivity (Wildman–Crippen MR) is 129 cm³/mol. The third-order valence-electron chi connectivity index (χ3n) is 6.12. The minimum Gasteiger partial charge on any atom is -0.494 e. The van der Waals surface area contributed by atoms with Crippen molar-refractivity contribution in [3.05, 3.63) is 94.2 Å². The number of ether oxygens (including phenoxy) is 1. The quantitative estimate of drug-likeness (QED) is 0.415. The van der Waals surface area contributed by atoms with Gasteiger partial charge in [0.05, 0.1) is 36.6 Å². The SMILES string of the molecule is COc1cc(Nc2cc(C3CC3)nn([C@@H](C)c3ccc(F)cc3)c2=O)ccc1-n1cnc(C)c1. The summed E-state index contributed by atoms with van der Waals surface area (Å²) in [5.41, 5.74) is 4.39. The van der Waals surface area contributed by atoms with Gasteiger partial charge in [0, 0.05) is 23.9 Å². The molecule has 2 heterocycles. The second-order valence-electron chi connectivity index (χ2n) is 8.67. The molecule has 5 rings (SSSR count). The third-order valence-corrected chi connectivity index (χ3v) is 6.12. The fourth-order valence-corrected chi connectivity index (χ4v) is 4.02. The van der Waals surface area contributed by atoms with Gasteiger partial charge in [-0.15, -0.1) is 0 Å². The molecule has 174 valence electrons. The van der Waals surface area contributed by atoms with Gasteiger partial charge in [0.2, 0.25) is 0 Å². The maximum Gasteiger partial charge on any atom is 0.291 e. The van der Waals surface area contributed by atoms with Gasteiger partial charge >= 0.3 is 0 Å². The monoisotopic (exact) mass is 459 g/mol. The summed E-state index contributed by atoms with van der Waals surface area (Å²) in [4.78, 5) is 17.7. The number of benzene rings is 2. The number of nitrogens with zero attached hydrogens (tertiary/aromatic N) is 4. The predicted octanol–water partition coefficient (Wildman–Crippen LogP) is 5.12. The molecule has 34 heavy (non-hydrogen) atoms. The van der Waals surface area contributed by atoms with Crippen LogP contribution in [-0.4, -0.2) is 26.4 Å². The average Bonchev–Trinajstić information content (AvgIpc) is 3.60. The Labute approximate surface area is 196 Å². The van der Waals surface area contributed by atoms with Crippen molar-refractivity contribution in [1.82, 2.24) is 19.3 Å². The fraction of sp³-hybridized carbons (Fsp3) is 0.269. The van der Waals surface area contributed by atoms with Crippen LogP contribution in [0.5, 0.6) is 5.75 Å². The maximum absolute atomic E-state index is 13.4. The summed E-state index contributed by atoms with van der Waals surface area (Å²) < 4.78 is 22.4. The first kappa shape index (κ1) is 21.9. The van der Waals surface area contributed by atoms with Crippen molar-refractivity contribution >= 4 is 11.4 Å². The normalized spacial score (nSPS) is 14.1. The van der Waals surface area contributed by atoms with Gasteiger partial charge in [-0.3, -0.25) is 4.79 Å². The van der Waals surface area contributed by atoms with E-state index in [1.807, 2.05) is 48.9 Å². The molecule has 1 atom stereocenters. The van der Waals surface area contributed by atoms with Crippen LogP contribution in [0.15, 0.2) is 65.8 Å². The molecule has 7 nitrogen and oxygen atoms in total. The summed E-state index contributed by atoms with van der Waals surface area (Å²) in [5.74, 6) is 0.696. The van der Waals surface area contributed by atoms with Crippen LogP contribution in [0.4, 0.5) is 15.8 Å². The Morgan fingerprint density at radius 2 is 1.91 bits per heavy atom. The standard InChI is InChI=1S/C26H26FN5O2/c1-16-14-31(15-28-16)24-11-10-21(12-25(24)34-3)29-23-13-22(19-4-5-19)30-32(26(23)33)17(2)18-6-8-20(27)9-7-18/h6-15,17,19,29H,4-5H2,1-3H3/t17-/m0/s1. The van der Waals surface area contributed by atoms with Crippen LogP contribution in [0.3, 0.4) is 0 Å². The summed E-state index contributed by atoms with van der Waals surface area (Å²) in [5, 5.41) is 7.93. The average molecular weight is 460 g/mol. The zero-order valence-electron chi connectivity index (χ0n) is 19.3. The number of methoxy groups -OCH3 is 1. The van der Waals surface area contributed by atoms with E-state index in [0.717, 1.165) is 41.2 Å². The van der Waals surface area contributed by atoms with Crippen molar-refractivity contribution in [2.24, 2.45) is 0 Å². The molecule has 0 bridgehead atoms. The molecule has 1 fully saturated rings. The molecule has 2 aromatic heterocycles. The van der Waals surface area contributed by atoms with Gasteiger partial charge in [-0.1, -0.05) is 12.1 Å². The van der Waals surface area contributed by atoms with Crippen molar-refractivity contribution in [1.29, 1.82) is 0 Å². The van der Waals surface area contributed by atoms with Crippen LogP contribution in [0.1, 0.15) is 48.7 Å². The van der Waals surface area contributed by atoms with Crippen LogP contribution in [0.2, 0.25) is 0 Å². The van der Waals surface area contributed by atoms with Crippen LogP contribution < -0.4 is 15.6 Å². The maximum atomic E-state index is 13.4. The minimum atomic E-state index is -0.339. The fourth-order valence-electron chi connectivity index (χ4n) is 4.02. The molecule has 4 aromatic rings. The van der Waals surface area contributed by atoms with E-state index in [-0.39, 0.29) is 17.4 Å². The lowest BCUT2D eigenvalue weighted by atomic mass is 10.1. The van der Waals surface area contributed by atoms with Crippen LogP contribution >= 0.6 is 0 Å². The minimum absolute atomic E-state index is 0.241. The van der Waals surface area contributed by atoms with Crippen LogP contribution in [0.25, 0.3) is 5.69 Å². The van der Waals surface area contributed by atoms with E-state index >= 15 is 0 Å². The molecule has 1 aliphatic rings. The van der Waals surface area contributed by atoms with E-state index in [2.05, 4.69) is 15.4 Å². The van der Waals surface area contributed by atoms with Crippen molar-refractivity contribution in [3.8, 4) is 11.4 Å². The zero-order valence-corrected chi connectivity index (χ0v) is 19.3. The summed E-state index contributed by atoms with van der Waals surface area (Å²) in [6.45, 7) is 3.82. The molecule has 0 amide bonds. The first-order valence-corrected chi connectivity index (χ1v) is 11.3.